The number of nitrogens with two attached hydrogens (primary N) is 1. The molecule has 1 unspecified atom stereocenters. The number of nitrogens with zero attached hydrogens (tertiary/aromatic N) is 2. The first-order chi connectivity index (χ1) is 7.20. The van der Waals surface area contributed by atoms with Crippen LogP contribution in [0, 0.1) is 13.8 Å². The number of hydrogen-bond acceptors (Lipinski definition) is 4. The molecule has 1 saturated heterocycles. The molecule has 2 rings (SSSR count). The van der Waals surface area contributed by atoms with Crippen molar-refractivity contribution >= 4 is 11.3 Å². The Bertz CT molecular complexity index is 315. The third kappa shape index (κ3) is 2.38. The van der Waals surface area contributed by atoms with Crippen molar-refractivity contribution in [3.63, 3.8) is 0 Å². The van der Waals surface area contributed by atoms with Crippen molar-refractivity contribution < 1.29 is 0 Å². The summed E-state index contributed by atoms with van der Waals surface area (Å²) < 4.78 is 0. The van der Waals surface area contributed by atoms with Gasteiger partial charge in [0.05, 0.1) is 12.2 Å². The summed E-state index contributed by atoms with van der Waals surface area (Å²) >= 11 is 1.82. The summed E-state index contributed by atoms with van der Waals surface area (Å²) in [6, 6.07) is 0.578. The van der Waals surface area contributed by atoms with Crippen LogP contribution in [0.15, 0.2) is 0 Å². The van der Waals surface area contributed by atoms with Crippen molar-refractivity contribution in [2.24, 2.45) is 5.73 Å². The number of thiazole rings is 1. The van der Waals surface area contributed by atoms with Crippen molar-refractivity contribution in [3.8, 4) is 0 Å². The van der Waals surface area contributed by atoms with Crippen LogP contribution in [0.4, 0.5) is 0 Å². The van der Waals surface area contributed by atoms with Crippen LogP contribution in [-0.4, -0.2) is 29.0 Å². The van der Waals surface area contributed by atoms with Crippen LogP contribution in [0.5, 0.6) is 0 Å². The highest BCUT2D eigenvalue weighted by atomic mass is 32.1. The monoisotopic (exact) mass is 225 g/mol. The Morgan fingerprint density at radius 1 is 1.53 bits per heavy atom. The van der Waals surface area contributed by atoms with Gasteiger partial charge in [-0.25, -0.2) is 4.98 Å². The van der Waals surface area contributed by atoms with Gasteiger partial charge < -0.3 is 5.73 Å². The van der Waals surface area contributed by atoms with Gasteiger partial charge in [0, 0.05) is 17.5 Å². The first-order valence-corrected chi connectivity index (χ1v) is 6.39. The van der Waals surface area contributed by atoms with E-state index in [9.17, 15) is 0 Å². The molecule has 1 aromatic heterocycles. The van der Waals surface area contributed by atoms with Gasteiger partial charge in [0.1, 0.15) is 5.01 Å². The third-order valence-electron chi connectivity index (χ3n) is 3.18. The lowest BCUT2D eigenvalue weighted by molar-refractivity contribution is 0.250. The van der Waals surface area contributed by atoms with Gasteiger partial charge in [0.2, 0.25) is 0 Å². The maximum Gasteiger partial charge on any atom is 0.107 e. The lowest BCUT2D eigenvalue weighted by atomic mass is 10.2. The standard InChI is InChI=1S/C11H19N3S/c1-8-9(2)15-11(13-8)7-14-5-3-4-10(14)6-12/h10H,3-7,12H2,1-2H3. The molecule has 1 atom stereocenters. The summed E-state index contributed by atoms with van der Waals surface area (Å²) in [7, 11) is 0. The second-order valence-corrected chi connectivity index (χ2v) is 5.54. The summed E-state index contributed by atoms with van der Waals surface area (Å²) in [5.41, 5.74) is 6.93. The first kappa shape index (κ1) is 11.0. The maximum atomic E-state index is 5.75. The minimum absolute atomic E-state index is 0.578. The summed E-state index contributed by atoms with van der Waals surface area (Å²) in [5, 5.41) is 1.24. The van der Waals surface area contributed by atoms with E-state index in [1.165, 1.54) is 35.0 Å². The second kappa shape index (κ2) is 4.60. The lowest BCUT2D eigenvalue weighted by Crippen LogP contribution is -2.34. The zero-order valence-corrected chi connectivity index (χ0v) is 10.3. The molecule has 0 saturated carbocycles. The Kier molecular flexibility index (Phi) is 3.38. The van der Waals surface area contributed by atoms with E-state index >= 15 is 0 Å². The summed E-state index contributed by atoms with van der Waals surface area (Å²) in [5.74, 6) is 0. The first-order valence-electron chi connectivity index (χ1n) is 5.57. The molecule has 0 aliphatic carbocycles. The molecule has 3 nitrogen and oxygen atoms in total. The highest BCUT2D eigenvalue weighted by Gasteiger charge is 2.23. The van der Waals surface area contributed by atoms with Crippen molar-refractivity contribution in [1.29, 1.82) is 0 Å². The fraction of sp³-hybridized carbons (Fsp3) is 0.727. The van der Waals surface area contributed by atoms with Gasteiger partial charge in [-0.3, -0.25) is 4.90 Å². The average Bonchev–Trinajstić information content (AvgIpc) is 2.75. The molecule has 0 amide bonds. The van der Waals surface area contributed by atoms with Crippen LogP contribution < -0.4 is 5.73 Å². The van der Waals surface area contributed by atoms with Crippen LogP contribution in [0.1, 0.15) is 28.4 Å². The van der Waals surface area contributed by atoms with Crippen LogP contribution in [0.2, 0.25) is 0 Å². The average molecular weight is 225 g/mol. The smallest absolute Gasteiger partial charge is 0.107 e. The molecule has 1 aromatic rings. The quantitative estimate of drug-likeness (QED) is 0.851. The maximum absolute atomic E-state index is 5.75. The van der Waals surface area contributed by atoms with E-state index in [2.05, 4.69) is 23.7 Å². The molecule has 2 N–H and O–H groups in total. The van der Waals surface area contributed by atoms with Crippen LogP contribution >= 0.6 is 11.3 Å². The van der Waals surface area contributed by atoms with Crippen molar-refractivity contribution in [3.05, 3.63) is 15.6 Å². The Labute approximate surface area is 95.3 Å². The fourth-order valence-corrected chi connectivity index (χ4v) is 3.11. The van der Waals surface area contributed by atoms with Crippen molar-refractivity contribution in [1.82, 2.24) is 9.88 Å². The molecule has 0 radical (unpaired) electrons. The van der Waals surface area contributed by atoms with E-state index in [0.29, 0.717) is 6.04 Å². The molecule has 1 aliphatic heterocycles. The molecule has 0 bridgehead atoms. The molecule has 15 heavy (non-hydrogen) atoms. The van der Waals surface area contributed by atoms with Gasteiger partial charge >= 0.3 is 0 Å². The topological polar surface area (TPSA) is 42.2 Å². The van der Waals surface area contributed by atoms with E-state index in [4.69, 9.17) is 5.73 Å². The minimum Gasteiger partial charge on any atom is -0.329 e. The molecule has 84 valence electrons. The highest BCUT2D eigenvalue weighted by molar-refractivity contribution is 7.11. The Balaban J connectivity index is 2.02. The Hall–Kier alpha value is -0.450. The fourth-order valence-electron chi connectivity index (χ4n) is 2.15. The zero-order valence-electron chi connectivity index (χ0n) is 9.49. The minimum atomic E-state index is 0.578. The number of aromatic nitrogens is 1. The van der Waals surface area contributed by atoms with Crippen molar-refractivity contribution in [2.75, 3.05) is 13.1 Å². The predicted octanol–water partition coefficient (Wildman–Crippen LogP) is 1.68. The van der Waals surface area contributed by atoms with Gasteiger partial charge in [0.25, 0.3) is 0 Å². The summed E-state index contributed by atoms with van der Waals surface area (Å²) in [4.78, 5) is 8.39. The van der Waals surface area contributed by atoms with E-state index in [0.717, 1.165) is 13.1 Å². The lowest BCUT2D eigenvalue weighted by Gasteiger charge is -2.21. The van der Waals surface area contributed by atoms with E-state index in [1.54, 1.807) is 0 Å². The molecular weight excluding hydrogens is 206 g/mol. The van der Waals surface area contributed by atoms with Crippen LogP contribution in [-0.2, 0) is 6.54 Å². The predicted molar refractivity (Wildman–Crippen MR) is 64.1 cm³/mol. The number of hydrogen-bond donors (Lipinski definition) is 1. The molecule has 2 heterocycles. The van der Waals surface area contributed by atoms with Gasteiger partial charge in [-0.2, -0.15) is 0 Å². The summed E-state index contributed by atoms with van der Waals surface area (Å²) in [6.07, 6.45) is 2.53. The Morgan fingerprint density at radius 3 is 2.93 bits per heavy atom. The zero-order chi connectivity index (χ0) is 10.8. The van der Waals surface area contributed by atoms with Crippen molar-refractivity contribution in [2.45, 2.75) is 39.3 Å². The van der Waals surface area contributed by atoms with E-state index in [-0.39, 0.29) is 0 Å². The molecular formula is C11H19N3S. The molecule has 1 aliphatic rings. The third-order valence-corrected chi connectivity index (χ3v) is 4.24. The van der Waals surface area contributed by atoms with Gasteiger partial charge in [-0.05, 0) is 33.2 Å². The molecule has 4 heteroatoms. The highest BCUT2D eigenvalue weighted by Crippen LogP contribution is 2.23. The normalized spacial score (nSPS) is 22.5. The number of rotatable bonds is 3. The van der Waals surface area contributed by atoms with E-state index in [1.807, 2.05) is 11.3 Å². The van der Waals surface area contributed by atoms with Gasteiger partial charge in [-0.15, -0.1) is 11.3 Å². The molecule has 1 fully saturated rings. The second-order valence-electron chi connectivity index (χ2n) is 4.25. The SMILES string of the molecule is Cc1nc(CN2CCCC2CN)sc1C. The van der Waals surface area contributed by atoms with Gasteiger partial charge in [-0.1, -0.05) is 0 Å². The van der Waals surface area contributed by atoms with E-state index < -0.39 is 0 Å². The molecule has 0 spiro atoms. The van der Waals surface area contributed by atoms with Crippen LogP contribution in [0.25, 0.3) is 0 Å². The number of likely N-dealkylation sites (tertiary alicyclic amines) is 1. The molecule has 0 aromatic carbocycles. The Morgan fingerprint density at radius 2 is 2.33 bits per heavy atom. The van der Waals surface area contributed by atoms with Gasteiger partial charge in [0.15, 0.2) is 0 Å². The summed E-state index contributed by atoms with van der Waals surface area (Å²) in [6.45, 7) is 7.17. The largest absolute Gasteiger partial charge is 0.329 e. The number of aryl methyl sites for hydroxylation is 2. The van der Waals surface area contributed by atoms with Crippen LogP contribution in [0.3, 0.4) is 0 Å².